The van der Waals surface area contributed by atoms with Gasteiger partial charge in [0.15, 0.2) is 0 Å². The van der Waals surface area contributed by atoms with E-state index in [1.807, 2.05) is 0 Å². The lowest BCUT2D eigenvalue weighted by Gasteiger charge is -2.05. The molecule has 0 aliphatic carbocycles. The van der Waals surface area contributed by atoms with Crippen LogP contribution >= 0.6 is 0 Å². The molecule has 0 aliphatic heterocycles. The molecule has 0 saturated heterocycles. The van der Waals surface area contributed by atoms with E-state index in [0.717, 1.165) is 0 Å². The lowest BCUT2D eigenvalue weighted by atomic mass is 10.2. The molecular formula is C8H13NO3. The SMILES string of the molecule is COC(=O)C(=O)C(C)=CN(C)C. The zero-order valence-electron chi connectivity index (χ0n) is 7.75. The van der Waals surface area contributed by atoms with Crippen LogP contribution < -0.4 is 0 Å². The fourth-order valence-corrected chi connectivity index (χ4v) is 0.700. The number of methoxy groups -OCH3 is 1. The highest BCUT2D eigenvalue weighted by Crippen LogP contribution is 1.97. The van der Waals surface area contributed by atoms with Crippen molar-refractivity contribution < 1.29 is 14.3 Å². The number of ketones is 1. The van der Waals surface area contributed by atoms with Gasteiger partial charge >= 0.3 is 5.97 Å². The maximum absolute atomic E-state index is 11.0. The molecule has 0 amide bonds. The standard InChI is InChI=1S/C8H13NO3/c1-6(5-9(2)3)7(10)8(11)12-4/h5H,1-4H3. The lowest BCUT2D eigenvalue weighted by Crippen LogP contribution is -2.18. The Kier molecular flexibility index (Phi) is 4.04. The van der Waals surface area contributed by atoms with Crippen LogP contribution in [0, 0.1) is 0 Å². The molecule has 0 atom stereocenters. The van der Waals surface area contributed by atoms with Crippen molar-refractivity contribution in [2.75, 3.05) is 21.2 Å². The van der Waals surface area contributed by atoms with Crippen LogP contribution in [-0.2, 0) is 14.3 Å². The van der Waals surface area contributed by atoms with Gasteiger partial charge in [0.25, 0.3) is 5.78 Å². The zero-order valence-corrected chi connectivity index (χ0v) is 7.75. The Labute approximate surface area is 71.8 Å². The summed E-state index contributed by atoms with van der Waals surface area (Å²) in [6, 6.07) is 0. The normalized spacial score (nSPS) is 10.8. The molecule has 0 aromatic heterocycles. The molecule has 0 rings (SSSR count). The Hall–Kier alpha value is -1.32. The minimum atomic E-state index is -0.828. The van der Waals surface area contributed by atoms with Crippen LogP contribution in [0.2, 0.25) is 0 Å². The third kappa shape index (κ3) is 3.18. The molecule has 0 aromatic carbocycles. The summed E-state index contributed by atoms with van der Waals surface area (Å²) in [6.07, 6.45) is 1.57. The summed E-state index contributed by atoms with van der Waals surface area (Å²) in [5, 5.41) is 0. The summed E-state index contributed by atoms with van der Waals surface area (Å²) in [4.78, 5) is 23.4. The average Bonchev–Trinajstić information content (AvgIpc) is 2.00. The summed E-state index contributed by atoms with van der Waals surface area (Å²) in [5.41, 5.74) is 0.367. The number of ether oxygens (including phenoxy) is 1. The quantitative estimate of drug-likeness (QED) is 0.345. The Morgan fingerprint density at radius 2 is 1.83 bits per heavy atom. The van der Waals surface area contributed by atoms with Crippen LogP contribution in [-0.4, -0.2) is 37.9 Å². The van der Waals surface area contributed by atoms with E-state index in [1.165, 1.54) is 7.11 Å². The van der Waals surface area contributed by atoms with E-state index in [0.29, 0.717) is 5.57 Å². The molecule has 0 aromatic rings. The van der Waals surface area contributed by atoms with Crippen molar-refractivity contribution >= 4 is 11.8 Å². The van der Waals surface area contributed by atoms with E-state index in [-0.39, 0.29) is 0 Å². The highest BCUT2D eigenvalue weighted by Gasteiger charge is 2.15. The lowest BCUT2D eigenvalue weighted by molar-refractivity contribution is -0.149. The van der Waals surface area contributed by atoms with Gasteiger partial charge in [0.05, 0.1) is 7.11 Å². The van der Waals surface area contributed by atoms with Crippen LogP contribution in [0.25, 0.3) is 0 Å². The number of Topliss-reactive ketones (excluding diaryl/α,β-unsaturated/α-hetero) is 1. The summed E-state index contributed by atoms with van der Waals surface area (Å²) in [5.74, 6) is -1.43. The number of rotatable bonds is 3. The largest absolute Gasteiger partial charge is 0.463 e. The molecule has 0 saturated carbocycles. The van der Waals surface area contributed by atoms with Gasteiger partial charge in [-0.1, -0.05) is 0 Å². The second-order valence-corrected chi connectivity index (χ2v) is 2.60. The van der Waals surface area contributed by atoms with Gasteiger partial charge < -0.3 is 9.64 Å². The number of hydrogen-bond acceptors (Lipinski definition) is 4. The van der Waals surface area contributed by atoms with E-state index >= 15 is 0 Å². The predicted molar refractivity (Wildman–Crippen MR) is 44.5 cm³/mol. The number of carbonyl (C=O) groups is 2. The first-order valence-corrected chi connectivity index (χ1v) is 3.46. The van der Waals surface area contributed by atoms with Gasteiger partial charge in [0, 0.05) is 25.9 Å². The first-order chi connectivity index (χ1) is 5.49. The molecule has 0 heterocycles. The highest BCUT2D eigenvalue weighted by atomic mass is 16.5. The average molecular weight is 171 g/mol. The minimum Gasteiger partial charge on any atom is -0.463 e. The Morgan fingerprint density at radius 3 is 2.17 bits per heavy atom. The number of carbonyl (C=O) groups excluding carboxylic acids is 2. The van der Waals surface area contributed by atoms with E-state index in [2.05, 4.69) is 4.74 Å². The molecule has 0 spiro atoms. The summed E-state index contributed by atoms with van der Waals surface area (Å²) >= 11 is 0. The molecule has 68 valence electrons. The molecule has 4 heteroatoms. The summed E-state index contributed by atoms with van der Waals surface area (Å²) in [6.45, 7) is 1.57. The molecule has 12 heavy (non-hydrogen) atoms. The highest BCUT2D eigenvalue weighted by molar-refractivity contribution is 6.40. The monoisotopic (exact) mass is 171 g/mol. The maximum Gasteiger partial charge on any atom is 0.379 e. The molecule has 0 unspecified atom stereocenters. The first-order valence-electron chi connectivity index (χ1n) is 3.46. The molecule has 0 fully saturated rings. The van der Waals surface area contributed by atoms with Gasteiger partial charge in [-0.25, -0.2) is 4.79 Å². The zero-order chi connectivity index (χ0) is 9.72. The van der Waals surface area contributed by atoms with Crippen molar-refractivity contribution in [2.24, 2.45) is 0 Å². The fourth-order valence-electron chi connectivity index (χ4n) is 0.700. The summed E-state index contributed by atoms with van der Waals surface area (Å²) < 4.78 is 4.27. The van der Waals surface area contributed by atoms with Crippen LogP contribution in [0.4, 0.5) is 0 Å². The van der Waals surface area contributed by atoms with Crippen molar-refractivity contribution in [1.82, 2.24) is 4.90 Å². The Morgan fingerprint density at radius 1 is 1.33 bits per heavy atom. The minimum absolute atomic E-state index is 0.367. The van der Waals surface area contributed by atoms with E-state index < -0.39 is 11.8 Å². The van der Waals surface area contributed by atoms with Crippen LogP contribution in [0.15, 0.2) is 11.8 Å². The second-order valence-electron chi connectivity index (χ2n) is 2.60. The third-order valence-electron chi connectivity index (χ3n) is 1.18. The van der Waals surface area contributed by atoms with Gasteiger partial charge in [0.1, 0.15) is 0 Å². The number of esters is 1. The van der Waals surface area contributed by atoms with Crippen molar-refractivity contribution in [3.8, 4) is 0 Å². The van der Waals surface area contributed by atoms with Crippen LogP contribution in [0.1, 0.15) is 6.92 Å². The molecule has 4 nitrogen and oxygen atoms in total. The van der Waals surface area contributed by atoms with E-state index in [1.54, 1.807) is 32.1 Å². The van der Waals surface area contributed by atoms with Crippen LogP contribution in [0.3, 0.4) is 0 Å². The second kappa shape index (κ2) is 4.54. The van der Waals surface area contributed by atoms with Crippen molar-refractivity contribution in [3.63, 3.8) is 0 Å². The third-order valence-corrected chi connectivity index (χ3v) is 1.18. The van der Waals surface area contributed by atoms with Crippen molar-refractivity contribution in [1.29, 1.82) is 0 Å². The van der Waals surface area contributed by atoms with Gasteiger partial charge in [0.2, 0.25) is 0 Å². The number of hydrogen-bond donors (Lipinski definition) is 0. The van der Waals surface area contributed by atoms with Gasteiger partial charge in [-0.3, -0.25) is 4.79 Å². The molecule has 0 bridgehead atoms. The maximum atomic E-state index is 11.0. The van der Waals surface area contributed by atoms with E-state index in [4.69, 9.17) is 0 Å². The first kappa shape index (κ1) is 10.7. The Balaban J connectivity index is 4.39. The van der Waals surface area contributed by atoms with Crippen molar-refractivity contribution in [2.45, 2.75) is 6.92 Å². The molecule has 0 radical (unpaired) electrons. The molecular weight excluding hydrogens is 158 g/mol. The van der Waals surface area contributed by atoms with Crippen molar-refractivity contribution in [3.05, 3.63) is 11.8 Å². The topological polar surface area (TPSA) is 46.6 Å². The van der Waals surface area contributed by atoms with Crippen LogP contribution in [0.5, 0.6) is 0 Å². The summed E-state index contributed by atoms with van der Waals surface area (Å²) in [7, 11) is 4.73. The Bertz CT molecular complexity index is 218. The van der Waals surface area contributed by atoms with Gasteiger partial charge in [-0.15, -0.1) is 0 Å². The fraction of sp³-hybridized carbons (Fsp3) is 0.500. The van der Waals surface area contributed by atoms with E-state index in [9.17, 15) is 9.59 Å². The van der Waals surface area contributed by atoms with Gasteiger partial charge in [-0.05, 0) is 6.92 Å². The molecule has 0 N–H and O–H groups in total. The predicted octanol–water partition coefficient (Wildman–Crippen LogP) is 0.194. The smallest absolute Gasteiger partial charge is 0.379 e. The number of nitrogens with zero attached hydrogens (tertiary/aromatic N) is 1. The van der Waals surface area contributed by atoms with Gasteiger partial charge in [-0.2, -0.15) is 0 Å². The molecule has 0 aliphatic rings.